The molecule has 1 amide bonds. The third kappa shape index (κ3) is 4.22. The summed E-state index contributed by atoms with van der Waals surface area (Å²) in [6.45, 7) is 2.72. The van der Waals surface area contributed by atoms with Crippen LogP contribution in [0, 0.1) is 12.8 Å². The van der Waals surface area contributed by atoms with Gasteiger partial charge in [0.15, 0.2) is 0 Å². The molecule has 1 aromatic carbocycles. The fourth-order valence-corrected chi connectivity index (χ4v) is 4.22. The van der Waals surface area contributed by atoms with Gasteiger partial charge in [0.1, 0.15) is 5.01 Å². The topological polar surface area (TPSA) is 68.0 Å². The maximum atomic E-state index is 12.4. The Kier molecular flexibility index (Phi) is 5.63. The van der Waals surface area contributed by atoms with Crippen LogP contribution in [0.15, 0.2) is 29.6 Å². The molecule has 1 aliphatic rings. The molecule has 1 aromatic heterocycles. The second-order valence-electron chi connectivity index (χ2n) is 6.64. The van der Waals surface area contributed by atoms with Crippen LogP contribution in [0.4, 0.5) is 0 Å². The zero-order valence-corrected chi connectivity index (χ0v) is 14.9. The third-order valence-electron chi connectivity index (χ3n) is 4.72. The molecular weight excluding hydrogens is 318 g/mol. The Bertz CT molecular complexity index is 697. The number of aryl methyl sites for hydroxylation is 1. The van der Waals surface area contributed by atoms with Crippen LogP contribution in [0.5, 0.6) is 0 Å². The molecule has 0 spiro atoms. The smallest absolute Gasteiger partial charge is 0.226 e. The number of carbonyl (C=O) groups excluding carboxylic acids is 1. The quantitative estimate of drug-likeness (QED) is 0.875. The van der Waals surface area contributed by atoms with E-state index in [1.54, 1.807) is 11.3 Å². The lowest BCUT2D eigenvalue weighted by molar-refractivity contribution is -0.121. The molecule has 0 radical (unpaired) electrons. The molecule has 1 fully saturated rings. The van der Waals surface area contributed by atoms with E-state index in [4.69, 9.17) is 5.73 Å². The molecule has 24 heavy (non-hydrogen) atoms. The molecule has 128 valence electrons. The minimum atomic E-state index is 0.0569. The van der Waals surface area contributed by atoms with Crippen molar-refractivity contribution in [1.82, 2.24) is 10.3 Å². The Morgan fingerprint density at radius 1 is 1.38 bits per heavy atom. The van der Waals surface area contributed by atoms with Gasteiger partial charge in [-0.15, -0.1) is 11.3 Å². The van der Waals surface area contributed by atoms with E-state index in [0.717, 1.165) is 29.1 Å². The number of nitrogens with two attached hydrogens (primary N) is 1. The lowest BCUT2D eigenvalue weighted by Gasteiger charge is -2.31. The second kappa shape index (κ2) is 7.90. The highest BCUT2D eigenvalue weighted by molar-refractivity contribution is 7.13. The number of thiazole rings is 1. The van der Waals surface area contributed by atoms with Gasteiger partial charge in [-0.2, -0.15) is 0 Å². The molecule has 3 rings (SSSR count). The highest BCUT2D eigenvalue weighted by atomic mass is 32.1. The number of rotatable bonds is 5. The van der Waals surface area contributed by atoms with Crippen LogP contribution in [0.3, 0.4) is 0 Å². The molecule has 5 heteroatoms. The van der Waals surface area contributed by atoms with Gasteiger partial charge >= 0.3 is 0 Å². The number of benzene rings is 1. The average Bonchev–Trinajstić information content (AvgIpc) is 3.03. The van der Waals surface area contributed by atoms with Gasteiger partial charge in [-0.25, -0.2) is 4.98 Å². The highest BCUT2D eigenvalue weighted by Gasteiger charge is 2.25. The molecule has 1 saturated carbocycles. The molecular formula is C19H25N3OS. The average molecular weight is 343 g/mol. The Balaban J connectivity index is 1.61. The minimum Gasteiger partial charge on any atom is -0.353 e. The van der Waals surface area contributed by atoms with Gasteiger partial charge < -0.3 is 11.1 Å². The number of nitrogens with one attached hydrogen (secondary N) is 1. The van der Waals surface area contributed by atoms with E-state index in [2.05, 4.69) is 35.4 Å². The summed E-state index contributed by atoms with van der Waals surface area (Å²) in [5.41, 5.74) is 9.01. The van der Waals surface area contributed by atoms with Crippen molar-refractivity contribution in [3.63, 3.8) is 0 Å². The van der Waals surface area contributed by atoms with Crippen molar-refractivity contribution < 1.29 is 4.79 Å². The normalized spacial score (nSPS) is 20.8. The van der Waals surface area contributed by atoms with Crippen molar-refractivity contribution in [2.75, 3.05) is 6.54 Å². The fourth-order valence-electron chi connectivity index (χ4n) is 3.40. The molecule has 4 nitrogen and oxygen atoms in total. The first-order chi connectivity index (χ1) is 11.7. The highest BCUT2D eigenvalue weighted by Crippen LogP contribution is 2.25. The summed E-state index contributed by atoms with van der Waals surface area (Å²) >= 11 is 1.59. The van der Waals surface area contributed by atoms with Crippen LogP contribution < -0.4 is 11.1 Å². The number of hydrogen-bond donors (Lipinski definition) is 2. The van der Waals surface area contributed by atoms with Gasteiger partial charge in [-0.3, -0.25) is 4.79 Å². The Morgan fingerprint density at radius 3 is 3.00 bits per heavy atom. The Labute approximate surface area is 147 Å². The van der Waals surface area contributed by atoms with Gasteiger partial charge in [0.05, 0.1) is 12.1 Å². The van der Waals surface area contributed by atoms with E-state index in [-0.39, 0.29) is 11.9 Å². The van der Waals surface area contributed by atoms with E-state index in [1.807, 2.05) is 11.4 Å². The monoisotopic (exact) mass is 343 g/mol. The van der Waals surface area contributed by atoms with Crippen molar-refractivity contribution in [2.24, 2.45) is 11.7 Å². The SMILES string of the molecule is Cc1cccc(-c2nc(CC(=O)NC3CCCCC3CN)cs2)c1. The van der Waals surface area contributed by atoms with Crippen LogP contribution in [0.1, 0.15) is 36.9 Å². The zero-order chi connectivity index (χ0) is 16.9. The van der Waals surface area contributed by atoms with Crippen LogP contribution in [-0.4, -0.2) is 23.5 Å². The van der Waals surface area contributed by atoms with E-state index < -0.39 is 0 Å². The van der Waals surface area contributed by atoms with Crippen molar-refractivity contribution >= 4 is 17.2 Å². The second-order valence-corrected chi connectivity index (χ2v) is 7.50. The summed E-state index contributed by atoms with van der Waals surface area (Å²) in [7, 11) is 0. The van der Waals surface area contributed by atoms with Gasteiger partial charge in [0, 0.05) is 17.0 Å². The van der Waals surface area contributed by atoms with Crippen LogP contribution >= 0.6 is 11.3 Å². The van der Waals surface area contributed by atoms with Crippen molar-refractivity contribution in [3.8, 4) is 10.6 Å². The van der Waals surface area contributed by atoms with Crippen molar-refractivity contribution in [2.45, 2.75) is 45.1 Å². The van der Waals surface area contributed by atoms with Crippen LogP contribution in [0.2, 0.25) is 0 Å². The van der Waals surface area contributed by atoms with E-state index in [9.17, 15) is 4.79 Å². The fraction of sp³-hybridized carbons (Fsp3) is 0.474. The number of aromatic nitrogens is 1. The summed E-state index contributed by atoms with van der Waals surface area (Å²) in [6.07, 6.45) is 4.90. The number of carbonyl (C=O) groups is 1. The summed E-state index contributed by atoms with van der Waals surface area (Å²) < 4.78 is 0. The van der Waals surface area contributed by atoms with Gasteiger partial charge in [-0.1, -0.05) is 36.6 Å². The number of nitrogens with zero attached hydrogens (tertiary/aromatic N) is 1. The van der Waals surface area contributed by atoms with Crippen LogP contribution in [-0.2, 0) is 11.2 Å². The van der Waals surface area contributed by atoms with Crippen LogP contribution in [0.25, 0.3) is 10.6 Å². The summed E-state index contributed by atoms with van der Waals surface area (Å²) in [4.78, 5) is 17.0. The first-order valence-electron chi connectivity index (χ1n) is 8.66. The predicted molar refractivity (Wildman–Crippen MR) is 98.9 cm³/mol. The van der Waals surface area contributed by atoms with Crippen molar-refractivity contribution in [1.29, 1.82) is 0 Å². The van der Waals surface area contributed by atoms with E-state index >= 15 is 0 Å². The molecule has 0 bridgehead atoms. The molecule has 2 aromatic rings. The zero-order valence-electron chi connectivity index (χ0n) is 14.1. The van der Waals surface area contributed by atoms with E-state index in [0.29, 0.717) is 18.9 Å². The number of amides is 1. The molecule has 2 unspecified atom stereocenters. The molecule has 0 aliphatic heterocycles. The van der Waals surface area contributed by atoms with Gasteiger partial charge in [0.25, 0.3) is 0 Å². The van der Waals surface area contributed by atoms with Gasteiger partial charge in [-0.05, 0) is 38.3 Å². The minimum absolute atomic E-state index is 0.0569. The predicted octanol–water partition coefficient (Wildman–Crippen LogP) is 3.29. The third-order valence-corrected chi connectivity index (χ3v) is 5.66. The van der Waals surface area contributed by atoms with E-state index in [1.165, 1.54) is 18.4 Å². The largest absolute Gasteiger partial charge is 0.353 e. The molecule has 3 N–H and O–H groups in total. The number of hydrogen-bond acceptors (Lipinski definition) is 4. The molecule has 1 heterocycles. The first-order valence-corrected chi connectivity index (χ1v) is 9.54. The lowest BCUT2D eigenvalue weighted by atomic mass is 9.84. The Morgan fingerprint density at radius 2 is 2.21 bits per heavy atom. The lowest BCUT2D eigenvalue weighted by Crippen LogP contribution is -2.45. The summed E-state index contributed by atoms with van der Waals surface area (Å²) in [6, 6.07) is 8.52. The first kappa shape index (κ1) is 17.1. The van der Waals surface area contributed by atoms with Crippen molar-refractivity contribution in [3.05, 3.63) is 40.9 Å². The summed E-state index contributed by atoms with van der Waals surface area (Å²) in [5, 5.41) is 6.13. The molecule has 1 aliphatic carbocycles. The maximum absolute atomic E-state index is 12.4. The Hall–Kier alpha value is -1.72. The van der Waals surface area contributed by atoms with Gasteiger partial charge in [0.2, 0.25) is 5.91 Å². The maximum Gasteiger partial charge on any atom is 0.226 e. The standard InChI is InChI=1S/C19H25N3OS/c1-13-5-4-7-14(9-13)19-21-16(12-24-19)10-18(23)22-17-8-3-2-6-15(17)11-20/h4-5,7,9,12,15,17H,2-3,6,8,10-11,20H2,1H3,(H,22,23). The molecule has 0 saturated heterocycles. The summed E-state index contributed by atoms with van der Waals surface area (Å²) in [5.74, 6) is 0.474. The molecule has 2 atom stereocenters.